The van der Waals surface area contributed by atoms with Gasteiger partial charge < -0.3 is 5.32 Å². The maximum Gasteiger partial charge on any atom is 0.0289 e. The first-order valence-electron chi connectivity index (χ1n) is 7.46. The third-order valence-electron chi connectivity index (χ3n) is 4.27. The number of benzene rings is 3. The minimum Gasteiger partial charge on any atom is -0.313 e. The molecular formula is C20H21N. The Kier molecular flexibility index (Phi) is 3.76. The van der Waals surface area contributed by atoms with E-state index < -0.39 is 0 Å². The molecule has 0 amide bonds. The lowest BCUT2D eigenvalue weighted by Gasteiger charge is -2.14. The first-order valence-corrected chi connectivity index (χ1v) is 7.46. The van der Waals surface area contributed by atoms with Crippen molar-refractivity contribution in [3.8, 4) is 11.1 Å². The molecule has 0 bridgehead atoms. The molecule has 3 aromatic rings. The molecule has 1 atom stereocenters. The van der Waals surface area contributed by atoms with Crippen LogP contribution in [0.25, 0.3) is 21.9 Å². The quantitative estimate of drug-likeness (QED) is 0.701. The molecule has 0 fully saturated rings. The Bertz CT molecular complexity index is 774. The van der Waals surface area contributed by atoms with Crippen LogP contribution in [0, 0.1) is 6.92 Å². The highest BCUT2D eigenvalue weighted by Gasteiger charge is 2.08. The molecule has 3 aromatic carbocycles. The molecule has 0 aliphatic rings. The fourth-order valence-corrected chi connectivity index (χ4v) is 2.84. The summed E-state index contributed by atoms with van der Waals surface area (Å²) in [6.45, 7) is 4.36. The first-order chi connectivity index (χ1) is 10.2. The first kappa shape index (κ1) is 13.8. The summed E-state index contributed by atoms with van der Waals surface area (Å²) in [5.74, 6) is 0. The second kappa shape index (κ2) is 5.71. The van der Waals surface area contributed by atoms with Crippen LogP contribution in [0.4, 0.5) is 0 Å². The highest BCUT2D eigenvalue weighted by atomic mass is 14.8. The molecule has 0 aliphatic carbocycles. The number of nitrogens with one attached hydrogen (secondary N) is 1. The monoisotopic (exact) mass is 275 g/mol. The van der Waals surface area contributed by atoms with Gasteiger partial charge in [0, 0.05) is 6.04 Å². The van der Waals surface area contributed by atoms with Gasteiger partial charge in [-0.25, -0.2) is 0 Å². The van der Waals surface area contributed by atoms with E-state index in [0.29, 0.717) is 6.04 Å². The summed E-state index contributed by atoms with van der Waals surface area (Å²) >= 11 is 0. The summed E-state index contributed by atoms with van der Waals surface area (Å²) in [6, 6.07) is 22.3. The van der Waals surface area contributed by atoms with Gasteiger partial charge in [-0.1, -0.05) is 54.6 Å². The fourth-order valence-electron chi connectivity index (χ4n) is 2.84. The van der Waals surface area contributed by atoms with Crippen LogP contribution >= 0.6 is 0 Å². The number of aryl methyl sites for hydroxylation is 1. The van der Waals surface area contributed by atoms with Crippen LogP contribution in [-0.4, -0.2) is 7.05 Å². The van der Waals surface area contributed by atoms with Gasteiger partial charge in [0.25, 0.3) is 0 Å². The van der Waals surface area contributed by atoms with Gasteiger partial charge in [0.2, 0.25) is 0 Å². The van der Waals surface area contributed by atoms with Crippen molar-refractivity contribution in [2.75, 3.05) is 7.05 Å². The van der Waals surface area contributed by atoms with E-state index in [4.69, 9.17) is 0 Å². The average molecular weight is 275 g/mol. The normalized spacial score (nSPS) is 12.5. The highest BCUT2D eigenvalue weighted by molar-refractivity contribution is 5.98. The van der Waals surface area contributed by atoms with Gasteiger partial charge in [-0.3, -0.25) is 0 Å². The van der Waals surface area contributed by atoms with Crippen molar-refractivity contribution in [2.45, 2.75) is 19.9 Å². The van der Waals surface area contributed by atoms with Crippen LogP contribution in [0.3, 0.4) is 0 Å². The van der Waals surface area contributed by atoms with Gasteiger partial charge in [-0.05, 0) is 60.0 Å². The van der Waals surface area contributed by atoms with E-state index in [1.165, 1.54) is 33.0 Å². The molecule has 1 unspecified atom stereocenters. The van der Waals surface area contributed by atoms with Gasteiger partial charge in [-0.15, -0.1) is 0 Å². The van der Waals surface area contributed by atoms with Crippen molar-refractivity contribution < 1.29 is 0 Å². The van der Waals surface area contributed by atoms with Crippen molar-refractivity contribution in [1.29, 1.82) is 0 Å². The van der Waals surface area contributed by atoms with Crippen molar-refractivity contribution in [2.24, 2.45) is 0 Å². The molecule has 0 saturated carbocycles. The summed E-state index contributed by atoms with van der Waals surface area (Å²) in [6.07, 6.45) is 0. The zero-order valence-electron chi connectivity index (χ0n) is 12.9. The van der Waals surface area contributed by atoms with Crippen LogP contribution in [0.2, 0.25) is 0 Å². The molecule has 0 saturated heterocycles. The Hall–Kier alpha value is -2.12. The highest BCUT2D eigenvalue weighted by Crippen LogP contribution is 2.31. The van der Waals surface area contributed by atoms with Crippen LogP contribution in [0.1, 0.15) is 24.1 Å². The Morgan fingerprint density at radius 3 is 2.38 bits per heavy atom. The summed E-state index contributed by atoms with van der Waals surface area (Å²) in [5.41, 5.74) is 5.24. The van der Waals surface area contributed by atoms with E-state index >= 15 is 0 Å². The molecule has 0 heterocycles. The molecule has 21 heavy (non-hydrogen) atoms. The molecule has 0 aromatic heterocycles. The van der Waals surface area contributed by atoms with E-state index in [9.17, 15) is 0 Å². The molecule has 1 heteroatoms. The molecule has 0 radical (unpaired) electrons. The number of rotatable bonds is 3. The van der Waals surface area contributed by atoms with Crippen LogP contribution in [0.15, 0.2) is 60.7 Å². The van der Waals surface area contributed by atoms with Gasteiger partial charge in [0.15, 0.2) is 0 Å². The van der Waals surface area contributed by atoms with E-state index in [1.807, 2.05) is 7.05 Å². The lowest BCUT2D eigenvalue weighted by Crippen LogP contribution is -2.12. The fraction of sp³-hybridized carbons (Fsp3) is 0.200. The Labute approximate surface area is 126 Å². The van der Waals surface area contributed by atoms with E-state index in [2.05, 4.69) is 79.8 Å². The molecule has 0 spiro atoms. The van der Waals surface area contributed by atoms with Crippen molar-refractivity contribution in [3.63, 3.8) is 0 Å². The van der Waals surface area contributed by atoms with Gasteiger partial charge in [-0.2, -0.15) is 0 Å². The predicted molar refractivity (Wildman–Crippen MR) is 91.6 cm³/mol. The predicted octanol–water partition coefficient (Wildman–Crippen LogP) is 5.10. The molecule has 3 rings (SSSR count). The number of hydrogen-bond donors (Lipinski definition) is 1. The Morgan fingerprint density at radius 1 is 0.857 bits per heavy atom. The van der Waals surface area contributed by atoms with Crippen LogP contribution in [-0.2, 0) is 0 Å². The lowest BCUT2D eigenvalue weighted by atomic mass is 9.94. The Balaban J connectivity index is 2.19. The van der Waals surface area contributed by atoms with Crippen molar-refractivity contribution in [3.05, 3.63) is 71.8 Å². The molecule has 1 N–H and O–H groups in total. The zero-order chi connectivity index (χ0) is 14.8. The topological polar surface area (TPSA) is 12.0 Å². The molecule has 1 nitrogen and oxygen atoms in total. The lowest BCUT2D eigenvalue weighted by molar-refractivity contribution is 0.652. The summed E-state index contributed by atoms with van der Waals surface area (Å²) in [7, 11) is 2.00. The molecule has 0 aliphatic heterocycles. The summed E-state index contributed by atoms with van der Waals surface area (Å²) in [4.78, 5) is 0. The van der Waals surface area contributed by atoms with E-state index in [-0.39, 0.29) is 0 Å². The average Bonchev–Trinajstić information content (AvgIpc) is 2.55. The Morgan fingerprint density at radius 2 is 1.62 bits per heavy atom. The minimum atomic E-state index is 0.363. The second-order valence-corrected chi connectivity index (χ2v) is 5.61. The third-order valence-corrected chi connectivity index (χ3v) is 4.27. The maximum absolute atomic E-state index is 3.31. The van der Waals surface area contributed by atoms with E-state index in [1.54, 1.807) is 0 Å². The zero-order valence-corrected chi connectivity index (χ0v) is 12.9. The largest absolute Gasteiger partial charge is 0.313 e. The van der Waals surface area contributed by atoms with Crippen molar-refractivity contribution in [1.82, 2.24) is 5.32 Å². The van der Waals surface area contributed by atoms with Crippen LogP contribution < -0.4 is 5.32 Å². The smallest absolute Gasteiger partial charge is 0.0289 e. The molecule has 106 valence electrons. The van der Waals surface area contributed by atoms with Gasteiger partial charge >= 0.3 is 0 Å². The second-order valence-electron chi connectivity index (χ2n) is 5.61. The summed E-state index contributed by atoms with van der Waals surface area (Å²) < 4.78 is 0. The summed E-state index contributed by atoms with van der Waals surface area (Å²) in [5, 5.41) is 5.97. The third kappa shape index (κ3) is 2.57. The van der Waals surface area contributed by atoms with Gasteiger partial charge in [0.05, 0.1) is 0 Å². The van der Waals surface area contributed by atoms with Gasteiger partial charge in [0.1, 0.15) is 0 Å². The standard InChI is InChI=1S/C20H21N/c1-14-11-12-19(20-10-5-4-9-18(14)20)17-8-6-7-16(13-17)15(2)21-3/h4-13,15,21H,1-3H3. The van der Waals surface area contributed by atoms with E-state index in [0.717, 1.165) is 0 Å². The van der Waals surface area contributed by atoms with Crippen LogP contribution in [0.5, 0.6) is 0 Å². The van der Waals surface area contributed by atoms with Crippen molar-refractivity contribution >= 4 is 10.8 Å². The number of hydrogen-bond acceptors (Lipinski definition) is 1. The SMILES string of the molecule is CNC(C)c1cccc(-c2ccc(C)c3ccccc23)c1. The molecular weight excluding hydrogens is 254 g/mol. The minimum absolute atomic E-state index is 0.363. The number of fused-ring (bicyclic) bond motifs is 1. The maximum atomic E-state index is 3.31.